The molecule has 5 heteroatoms. The molecule has 0 aromatic rings. The molecule has 80 valence electrons. The highest BCUT2D eigenvalue weighted by Gasteiger charge is 2.62. The molecule has 6 atom stereocenters. The molecule has 3 fully saturated rings. The van der Waals surface area contributed by atoms with Crippen molar-refractivity contribution in [2.24, 2.45) is 0 Å². The Morgan fingerprint density at radius 1 is 0.857 bits per heavy atom. The minimum absolute atomic E-state index is 0.529. The van der Waals surface area contributed by atoms with Crippen molar-refractivity contribution in [2.75, 3.05) is 19.6 Å². The van der Waals surface area contributed by atoms with Gasteiger partial charge in [-0.1, -0.05) is 0 Å². The molecule has 0 aromatic carbocycles. The van der Waals surface area contributed by atoms with Gasteiger partial charge in [-0.3, -0.25) is 4.57 Å². The molecule has 3 aliphatic rings. The second kappa shape index (κ2) is 2.62. The van der Waals surface area contributed by atoms with E-state index >= 15 is 0 Å². The molecule has 3 rings (SSSR count). The van der Waals surface area contributed by atoms with E-state index in [9.17, 15) is 4.57 Å². The Morgan fingerprint density at radius 3 is 1.21 bits per heavy atom. The van der Waals surface area contributed by atoms with E-state index < -0.39 is 7.59 Å². The standard InChI is InChI=1S/C9H18N3OP/c1-7-4-10(7)14(13,11-5-8(11)2)12-6-9(12)3/h7-9H,4-6H2,1-3H3/t7-,8-,9-,10?,11?,12?,14?/m1/s1. The minimum atomic E-state index is -2.27. The molecule has 0 spiro atoms. The van der Waals surface area contributed by atoms with Crippen LogP contribution in [0.2, 0.25) is 0 Å². The van der Waals surface area contributed by atoms with Crippen LogP contribution in [-0.2, 0) is 4.57 Å². The van der Waals surface area contributed by atoms with Crippen molar-refractivity contribution in [2.45, 2.75) is 38.9 Å². The van der Waals surface area contributed by atoms with Crippen molar-refractivity contribution in [1.82, 2.24) is 14.0 Å². The fourth-order valence-corrected chi connectivity index (χ4v) is 5.98. The van der Waals surface area contributed by atoms with Crippen LogP contribution in [0.4, 0.5) is 0 Å². The summed E-state index contributed by atoms with van der Waals surface area (Å²) in [5.41, 5.74) is 0. The lowest BCUT2D eigenvalue weighted by Crippen LogP contribution is -2.15. The van der Waals surface area contributed by atoms with Crippen molar-refractivity contribution in [3.05, 3.63) is 0 Å². The van der Waals surface area contributed by atoms with Crippen LogP contribution in [0.5, 0.6) is 0 Å². The number of hydrogen-bond acceptors (Lipinski definition) is 1. The van der Waals surface area contributed by atoms with Crippen molar-refractivity contribution in [3.63, 3.8) is 0 Å². The fraction of sp³-hybridized carbons (Fsp3) is 1.00. The molecule has 0 aliphatic carbocycles. The first-order valence-electron chi connectivity index (χ1n) is 5.46. The van der Waals surface area contributed by atoms with Crippen LogP contribution in [0.3, 0.4) is 0 Å². The molecule has 0 bridgehead atoms. The number of nitrogens with zero attached hydrogens (tertiary/aromatic N) is 3. The first-order chi connectivity index (χ1) is 6.55. The fourth-order valence-electron chi connectivity index (χ4n) is 2.20. The minimum Gasteiger partial charge on any atom is -0.270 e. The molecule has 4 nitrogen and oxygen atoms in total. The molecule has 0 aromatic heterocycles. The highest BCUT2D eigenvalue weighted by molar-refractivity contribution is 7.57. The third-order valence-corrected chi connectivity index (χ3v) is 7.16. The summed E-state index contributed by atoms with van der Waals surface area (Å²) in [6, 6.07) is 1.59. The average molecular weight is 215 g/mol. The number of rotatable bonds is 3. The molecule has 3 aliphatic heterocycles. The molecular formula is C9H18N3OP. The van der Waals surface area contributed by atoms with E-state index in [4.69, 9.17) is 0 Å². The van der Waals surface area contributed by atoms with Gasteiger partial charge in [0, 0.05) is 37.8 Å². The van der Waals surface area contributed by atoms with E-state index in [0.29, 0.717) is 18.1 Å². The van der Waals surface area contributed by atoms with E-state index in [1.54, 1.807) is 0 Å². The van der Waals surface area contributed by atoms with E-state index in [1.165, 1.54) is 0 Å². The smallest absolute Gasteiger partial charge is 0.270 e. The van der Waals surface area contributed by atoms with Gasteiger partial charge >= 0.3 is 0 Å². The van der Waals surface area contributed by atoms with Crippen LogP contribution < -0.4 is 0 Å². The summed E-state index contributed by atoms with van der Waals surface area (Å²) in [7, 11) is -2.27. The van der Waals surface area contributed by atoms with Crippen molar-refractivity contribution >= 4 is 7.59 Å². The van der Waals surface area contributed by atoms with E-state index in [0.717, 1.165) is 19.6 Å². The Balaban J connectivity index is 1.84. The lowest BCUT2D eigenvalue weighted by Gasteiger charge is -2.22. The normalized spacial score (nSPS) is 59.1. The van der Waals surface area contributed by atoms with Gasteiger partial charge < -0.3 is 0 Å². The van der Waals surface area contributed by atoms with E-state index in [1.807, 2.05) is 0 Å². The van der Waals surface area contributed by atoms with Gasteiger partial charge in [-0.15, -0.1) is 0 Å². The quantitative estimate of drug-likeness (QED) is 0.522. The van der Waals surface area contributed by atoms with Gasteiger partial charge in [0.05, 0.1) is 0 Å². The lowest BCUT2D eigenvalue weighted by molar-refractivity contribution is 0.462. The second-order valence-corrected chi connectivity index (χ2v) is 7.49. The first kappa shape index (κ1) is 9.34. The summed E-state index contributed by atoms with van der Waals surface area (Å²) < 4.78 is 19.5. The van der Waals surface area contributed by atoms with Crippen LogP contribution in [0.25, 0.3) is 0 Å². The van der Waals surface area contributed by atoms with Crippen LogP contribution in [-0.4, -0.2) is 51.8 Å². The number of hydrogen-bond donors (Lipinski definition) is 0. The predicted molar refractivity (Wildman–Crippen MR) is 56.1 cm³/mol. The zero-order chi connectivity index (χ0) is 10.1. The third-order valence-electron chi connectivity index (χ3n) is 3.48. The summed E-state index contributed by atoms with van der Waals surface area (Å²) in [6.07, 6.45) is 0. The molecular weight excluding hydrogens is 197 g/mol. The first-order valence-corrected chi connectivity index (χ1v) is 7.03. The molecule has 3 heterocycles. The summed E-state index contributed by atoms with van der Waals surface area (Å²) in [5, 5.41) is 0. The maximum atomic E-state index is 12.9. The van der Waals surface area contributed by atoms with Crippen LogP contribution in [0.1, 0.15) is 20.8 Å². The SMILES string of the molecule is C[C@@H]1CN1P(=O)(N1C[C@H]1C)N1C[C@H]1C. The average Bonchev–Trinajstić information content (AvgIpc) is 2.91. The third kappa shape index (κ3) is 1.15. The highest BCUT2D eigenvalue weighted by Crippen LogP contribution is 2.69. The molecule has 0 radical (unpaired) electrons. The van der Waals surface area contributed by atoms with Crippen LogP contribution >= 0.6 is 7.59 Å². The predicted octanol–water partition coefficient (Wildman–Crippen LogP) is 1.21. The maximum Gasteiger partial charge on any atom is 0.287 e. The molecule has 3 saturated heterocycles. The van der Waals surface area contributed by atoms with E-state index in [-0.39, 0.29) is 0 Å². The lowest BCUT2D eigenvalue weighted by atomic mass is 10.6. The van der Waals surface area contributed by atoms with Gasteiger partial charge in [0.1, 0.15) is 0 Å². The molecule has 0 N–H and O–H groups in total. The van der Waals surface area contributed by atoms with Crippen molar-refractivity contribution < 1.29 is 4.57 Å². The van der Waals surface area contributed by atoms with Gasteiger partial charge in [-0.05, 0) is 20.8 Å². The van der Waals surface area contributed by atoms with Crippen molar-refractivity contribution in [3.8, 4) is 0 Å². The Kier molecular flexibility index (Phi) is 1.75. The summed E-state index contributed by atoms with van der Waals surface area (Å²) in [5.74, 6) is 0. The maximum absolute atomic E-state index is 12.9. The molecule has 14 heavy (non-hydrogen) atoms. The van der Waals surface area contributed by atoms with Crippen LogP contribution in [0, 0.1) is 0 Å². The van der Waals surface area contributed by atoms with Gasteiger partial charge in [0.25, 0.3) is 7.59 Å². The zero-order valence-electron chi connectivity index (χ0n) is 9.05. The van der Waals surface area contributed by atoms with Gasteiger partial charge in [0.2, 0.25) is 0 Å². The monoisotopic (exact) mass is 215 g/mol. The second-order valence-electron chi connectivity index (χ2n) is 4.93. The molecule has 3 unspecified atom stereocenters. The van der Waals surface area contributed by atoms with E-state index in [2.05, 4.69) is 34.8 Å². The highest BCUT2D eigenvalue weighted by atomic mass is 31.2. The summed E-state index contributed by atoms with van der Waals surface area (Å²) in [6.45, 7) is 9.54. The molecule has 0 amide bonds. The van der Waals surface area contributed by atoms with Gasteiger partial charge in [-0.2, -0.15) is 0 Å². The zero-order valence-corrected chi connectivity index (χ0v) is 9.94. The Hall–Kier alpha value is 0.110. The van der Waals surface area contributed by atoms with Crippen LogP contribution in [0.15, 0.2) is 0 Å². The van der Waals surface area contributed by atoms with Crippen molar-refractivity contribution in [1.29, 1.82) is 0 Å². The largest absolute Gasteiger partial charge is 0.287 e. The summed E-state index contributed by atoms with van der Waals surface area (Å²) >= 11 is 0. The Labute approximate surface area is 85.4 Å². The topological polar surface area (TPSA) is 26.1 Å². The Bertz CT molecular complexity index is 274. The van der Waals surface area contributed by atoms with Gasteiger partial charge in [-0.25, -0.2) is 14.0 Å². The van der Waals surface area contributed by atoms with Gasteiger partial charge in [0.15, 0.2) is 0 Å². The summed E-state index contributed by atoms with van der Waals surface area (Å²) in [4.78, 5) is 0. The Morgan fingerprint density at radius 2 is 1.07 bits per heavy atom. The molecule has 0 saturated carbocycles.